The first-order chi connectivity index (χ1) is 31.6. The number of hydrogen-bond acceptors (Lipinski definition) is 4. The maximum atomic E-state index is 11.9. The molecule has 0 unspecified atom stereocenters. The summed E-state index contributed by atoms with van der Waals surface area (Å²) in [4.78, 5) is 32.6. The number of benzene rings is 6. The van der Waals surface area contributed by atoms with Crippen LogP contribution in [0.1, 0.15) is 33.1 Å². The molecule has 7 heteroatoms. The van der Waals surface area contributed by atoms with E-state index >= 15 is 0 Å². The second-order valence-corrected chi connectivity index (χ2v) is 15.7. The van der Waals surface area contributed by atoms with Crippen LogP contribution in [0.2, 0.25) is 0 Å². The van der Waals surface area contributed by atoms with E-state index in [4.69, 9.17) is 9.97 Å². The zero-order chi connectivity index (χ0) is 43.0. The van der Waals surface area contributed by atoms with Crippen molar-refractivity contribution in [2.75, 3.05) is 4.90 Å². The summed E-state index contributed by atoms with van der Waals surface area (Å²) < 4.78 is 0. The fourth-order valence-electron chi connectivity index (χ4n) is 8.79. The molecule has 2 aliphatic heterocycles. The molecule has 64 heavy (non-hydrogen) atoms. The molecule has 0 fully saturated rings. The molecule has 6 aromatic carbocycles. The Bertz CT molecular complexity index is 3350. The van der Waals surface area contributed by atoms with Gasteiger partial charge in [0.15, 0.2) is 0 Å². The number of aromatic carboxylic acids is 1. The topological polar surface area (TPSA) is 97.9 Å². The maximum Gasteiger partial charge on any atom is 0.335 e. The number of hydrogen-bond donors (Lipinski definition) is 3. The third kappa shape index (κ3) is 7.07. The molecule has 0 atom stereocenters. The number of carboxylic acids is 1. The standard InChI is InChI=1S/C57H39N5O2/c63-57(64)41-23-21-39(22-24-41)55-49-33-29-45(58-49)53(37-13-5-1-6-14-37)47-31-35-51(60-47)56(52-36-32-48(61-52)54(38-15-7-2-8-16-38)46-30-34-50(55)59-46)40-25-27-44(28-26-40)62(42-17-9-3-10-18-42)43-19-11-4-12-20-43/h1-36,58,61H,(H,63,64). The van der Waals surface area contributed by atoms with Crippen LogP contribution in [0.5, 0.6) is 0 Å². The lowest BCUT2D eigenvalue weighted by molar-refractivity contribution is 0.0697. The first kappa shape index (κ1) is 38.1. The first-order valence-corrected chi connectivity index (χ1v) is 21.2. The second kappa shape index (κ2) is 16.2. The van der Waals surface area contributed by atoms with E-state index in [1.165, 1.54) is 0 Å². The van der Waals surface area contributed by atoms with E-state index in [1.54, 1.807) is 12.1 Å². The summed E-state index contributed by atoms with van der Waals surface area (Å²) in [5, 5.41) is 9.75. The number of aromatic amines is 2. The van der Waals surface area contributed by atoms with Crippen LogP contribution in [-0.2, 0) is 0 Å². The highest BCUT2D eigenvalue weighted by Crippen LogP contribution is 2.40. The van der Waals surface area contributed by atoms with Crippen molar-refractivity contribution in [3.05, 3.63) is 222 Å². The van der Waals surface area contributed by atoms with Crippen molar-refractivity contribution in [1.82, 2.24) is 19.9 Å². The van der Waals surface area contributed by atoms with Gasteiger partial charge >= 0.3 is 5.97 Å². The number of nitrogens with one attached hydrogen (secondary N) is 2. The minimum absolute atomic E-state index is 0.217. The molecule has 5 heterocycles. The van der Waals surface area contributed by atoms with E-state index in [2.05, 4.69) is 154 Å². The van der Waals surface area contributed by atoms with Crippen molar-refractivity contribution in [2.45, 2.75) is 0 Å². The van der Waals surface area contributed by atoms with Gasteiger partial charge in [-0.1, -0.05) is 121 Å². The predicted molar refractivity (Wildman–Crippen MR) is 262 cm³/mol. The second-order valence-electron chi connectivity index (χ2n) is 15.7. The van der Waals surface area contributed by atoms with E-state index in [9.17, 15) is 9.90 Å². The molecule has 8 bridgehead atoms. The van der Waals surface area contributed by atoms with Crippen LogP contribution in [0.15, 0.2) is 194 Å². The van der Waals surface area contributed by atoms with Crippen molar-refractivity contribution >= 4 is 69.4 Å². The molecule has 9 aromatic rings. The molecule has 3 aromatic heterocycles. The van der Waals surface area contributed by atoms with Gasteiger partial charge in [-0.05, 0) is 119 Å². The Balaban J connectivity index is 1.21. The van der Waals surface area contributed by atoms with Gasteiger partial charge in [0.2, 0.25) is 0 Å². The fraction of sp³-hybridized carbons (Fsp3) is 0. The zero-order valence-electron chi connectivity index (χ0n) is 34.5. The number of nitrogens with zero attached hydrogens (tertiary/aromatic N) is 3. The molecule has 0 aliphatic carbocycles. The Morgan fingerprint density at radius 3 is 1.00 bits per heavy atom. The molecule has 0 saturated carbocycles. The average Bonchev–Trinajstić information content (AvgIpc) is 4.20. The quantitative estimate of drug-likeness (QED) is 0.142. The Labute approximate surface area is 369 Å². The molecule has 0 amide bonds. The summed E-state index contributed by atoms with van der Waals surface area (Å²) in [5.41, 5.74) is 17.7. The zero-order valence-corrected chi connectivity index (χ0v) is 34.5. The van der Waals surface area contributed by atoms with Crippen molar-refractivity contribution < 1.29 is 9.90 Å². The van der Waals surface area contributed by atoms with Crippen LogP contribution in [-0.4, -0.2) is 31.0 Å². The molecule has 11 rings (SSSR count). The molecule has 7 nitrogen and oxygen atoms in total. The molecule has 0 saturated heterocycles. The highest BCUT2D eigenvalue weighted by molar-refractivity contribution is 6.00. The van der Waals surface area contributed by atoms with Gasteiger partial charge in [-0.15, -0.1) is 0 Å². The summed E-state index contributed by atoms with van der Waals surface area (Å²) >= 11 is 0. The average molecular weight is 826 g/mol. The monoisotopic (exact) mass is 825 g/mol. The Hall–Kier alpha value is -8.81. The summed E-state index contributed by atoms with van der Waals surface area (Å²) in [6.45, 7) is 0. The first-order valence-electron chi connectivity index (χ1n) is 21.2. The third-order valence-electron chi connectivity index (χ3n) is 11.7. The number of H-pyrrole nitrogens is 2. The number of carboxylic acid groups (broad SMARTS) is 1. The van der Waals surface area contributed by atoms with Crippen molar-refractivity contribution in [3.63, 3.8) is 0 Å². The lowest BCUT2D eigenvalue weighted by Crippen LogP contribution is -2.09. The normalized spacial score (nSPS) is 11.8. The highest BCUT2D eigenvalue weighted by atomic mass is 16.4. The fourth-order valence-corrected chi connectivity index (χ4v) is 8.79. The SMILES string of the molecule is O=C(O)c1ccc(-c2c3nc(c(-c4ccccc4)c4ccc([nH]4)c(-c4ccc(N(c5ccccc5)c5ccccc5)cc4)c4nc(c(-c5ccccc5)c5ccc2[nH]5)C=C4)C=C3)cc1. The van der Waals surface area contributed by atoms with Gasteiger partial charge in [0.05, 0.1) is 28.3 Å². The van der Waals surface area contributed by atoms with Crippen LogP contribution >= 0.6 is 0 Å². The number of para-hydroxylation sites is 2. The summed E-state index contributed by atoms with van der Waals surface area (Å²) in [6.07, 6.45) is 8.31. The molecular weight excluding hydrogens is 787 g/mol. The Morgan fingerprint density at radius 1 is 0.359 bits per heavy atom. The van der Waals surface area contributed by atoms with Crippen molar-refractivity contribution in [1.29, 1.82) is 0 Å². The number of anilines is 3. The van der Waals surface area contributed by atoms with Crippen LogP contribution in [0.4, 0.5) is 17.1 Å². The highest BCUT2D eigenvalue weighted by Gasteiger charge is 2.20. The van der Waals surface area contributed by atoms with Crippen molar-refractivity contribution in [2.24, 2.45) is 0 Å². The van der Waals surface area contributed by atoms with Gasteiger partial charge in [-0.2, -0.15) is 0 Å². The summed E-state index contributed by atoms with van der Waals surface area (Å²) in [6, 6.07) is 65.6. The van der Waals surface area contributed by atoms with Crippen molar-refractivity contribution in [3.8, 4) is 44.5 Å². The summed E-state index contributed by atoms with van der Waals surface area (Å²) in [5.74, 6) is -0.975. The smallest absolute Gasteiger partial charge is 0.335 e. The van der Waals surface area contributed by atoms with E-state index in [0.717, 1.165) is 106 Å². The van der Waals surface area contributed by atoms with E-state index in [0.29, 0.717) is 0 Å². The third-order valence-corrected chi connectivity index (χ3v) is 11.7. The number of fused-ring (bicyclic) bond motifs is 8. The van der Waals surface area contributed by atoms with E-state index < -0.39 is 5.97 Å². The Kier molecular flexibility index (Phi) is 9.67. The van der Waals surface area contributed by atoms with Crippen LogP contribution < -0.4 is 4.90 Å². The number of aromatic nitrogens is 4. The van der Waals surface area contributed by atoms with Crippen LogP contribution in [0.25, 0.3) is 90.9 Å². The van der Waals surface area contributed by atoms with Gasteiger partial charge in [-0.3, -0.25) is 0 Å². The summed E-state index contributed by atoms with van der Waals surface area (Å²) in [7, 11) is 0. The largest absolute Gasteiger partial charge is 0.478 e. The van der Waals surface area contributed by atoms with Crippen LogP contribution in [0.3, 0.4) is 0 Å². The number of carbonyl (C=O) groups is 1. The predicted octanol–water partition coefficient (Wildman–Crippen LogP) is 14.5. The van der Waals surface area contributed by atoms with Gasteiger partial charge < -0.3 is 20.0 Å². The van der Waals surface area contributed by atoms with Gasteiger partial charge in [0, 0.05) is 61.4 Å². The molecule has 3 N–H and O–H groups in total. The van der Waals surface area contributed by atoms with E-state index in [1.807, 2.05) is 66.7 Å². The molecule has 304 valence electrons. The minimum atomic E-state index is -0.975. The molecule has 0 radical (unpaired) electrons. The van der Waals surface area contributed by atoms with E-state index in [-0.39, 0.29) is 5.56 Å². The minimum Gasteiger partial charge on any atom is -0.478 e. The van der Waals surface area contributed by atoms with Gasteiger partial charge in [0.1, 0.15) is 0 Å². The lowest BCUT2D eigenvalue weighted by atomic mass is 10.0. The number of rotatable bonds is 8. The molecule has 0 spiro atoms. The van der Waals surface area contributed by atoms with Crippen LogP contribution in [0, 0.1) is 0 Å². The van der Waals surface area contributed by atoms with Gasteiger partial charge in [0.25, 0.3) is 0 Å². The lowest BCUT2D eigenvalue weighted by Gasteiger charge is -2.25. The molecular formula is C57H39N5O2. The van der Waals surface area contributed by atoms with Gasteiger partial charge in [-0.25, -0.2) is 14.8 Å². The Morgan fingerprint density at radius 2 is 0.656 bits per heavy atom. The molecule has 2 aliphatic rings. The maximum absolute atomic E-state index is 11.9.